The second kappa shape index (κ2) is 4.03. The Hall–Kier alpha value is -1.35. The van der Waals surface area contributed by atoms with Gasteiger partial charge in [-0.05, 0) is 19.1 Å². The largest absolute Gasteiger partial charge is 0.326 e. The molecule has 0 amide bonds. The molecule has 0 saturated heterocycles. The van der Waals surface area contributed by atoms with Gasteiger partial charge in [0.25, 0.3) is 0 Å². The van der Waals surface area contributed by atoms with Gasteiger partial charge in [0.05, 0.1) is 11.0 Å². The van der Waals surface area contributed by atoms with Gasteiger partial charge in [-0.3, -0.25) is 0 Å². The van der Waals surface area contributed by atoms with Gasteiger partial charge in [0.1, 0.15) is 5.82 Å². The van der Waals surface area contributed by atoms with Crippen LogP contribution in [0, 0.1) is 0 Å². The van der Waals surface area contributed by atoms with E-state index in [1.807, 2.05) is 25.1 Å². The van der Waals surface area contributed by atoms with E-state index in [2.05, 4.69) is 22.5 Å². The third kappa shape index (κ3) is 1.88. The minimum Gasteiger partial charge on any atom is -0.326 e. The fourth-order valence-corrected chi connectivity index (χ4v) is 1.89. The van der Waals surface area contributed by atoms with Crippen LogP contribution < -0.4 is 5.73 Å². The number of rotatable bonds is 3. The van der Waals surface area contributed by atoms with Crippen LogP contribution in [0.15, 0.2) is 24.3 Å². The average Bonchev–Trinajstić information content (AvgIpc) is 2.56. The monoisotopic (exact) mass is 203 g/mol. The number of hydrogen-bond donors (Lipinski definition) is 1. The number of nitrogens with two attached hydrogens (primary N) is 1. The summed E-state index contributed by atoms with van der Waals surface area (Å²) in [5, 5.41) is 0. The van der Waals surface area contributed by atoms with Crippen molar-refractivity contribution in [2.24, 2.45) is 5.73 Å². The molecule has 1 atom stereocenters. The minimum absolute atomic E-state index is 0.160. The lowest BCUT2D eigenvalue weighted by molar-refractivity contribution is 0.581. The van der Waals surface area contributed by atoms with Crippen LogP contribution in [-0.2, 0) is 13.0 Å². The molecule has 3 nitrogen and oxygen atoms in total. The van der Waals surface area contributed by atoms with E-state index in [0.717, 1.165) is 24.3 Å². The number of nitrogens with zero attached hydrogens (tertiary/aromatic N) is 2. The second-order valence-electron chi connectivity index (χ2n) is 3.96. The summed E-state index contributed by atoms with van der Waals surface area (Å²) in [5.41, 5.74) is 8.10. The van der Waals surface area contributed by atoms with Gasteiger partial charge in [0, 0.05) is 19.0 Å². The van der Waals surface area contributed by atoms with E-state index in [-0.39, 0.29) is 6.04 Å². The van der Waals surface area contributed by atoms with Gasteiger partial charge < -0.3 is 10.3 Å². The number of aromatic nitrogens is 2. The molecule has 15 heavy (non-hydrogen) atoms. The Kier molecular flexibility index (Phi) is 2.73. The highest BCUT2D eigenvalue weighted by Crippen LogP contribution is 2.16. The third-order valence-corrected chi connectivity index (χ3v) is 2.52. The van der Waals surface area contributed by atoms with Crippen molar-refractivity contribution in [2.75, 3.05) is 0 Å². The van der Waals surface area contributed by atoms with Gasteiger partial charge in [-0.2, -0.15) is 0 Å². The smallest absolute Gasteiger partial charge is 0.109 e. The summed E-state index contributed by atoms with van der Waals surface area (Å²) >= 11 is 0. The standard InChI is InChI=1S/C12H17N3/c1-3-12-14-10-6-4-5-7-11(10)15(12)8-9(2)13/h4-7,9H,3,8,13H2,1-2H3/t9-/m1/s1. The number of para-hydroxylation sites is 2. The van der Waals surface area contributed by atoms with Gasteiger partial charge >= 0.3 is 0 Å². The first kappa shape index (κ1) is 10.2. The van der Waals surface area contributed by atoms with Crippen molar-refractivity contribution in [1.29, 1.82) is 0 Å². The lowest BCUT2D eigenvalue weighted by atomic mass is 10.3. The summed E-state index contributed by atoms with van der Waals surface area (Å²) in [6.45, 7) is 4.98. The molecule has 2 aromatic rings. The quantitative estimate of drug-likeness (QED) is 0.828. The maximum atomic E-state index is 5.85. The van der Waals surface area contributed by atoms with Gasteiger partial charge in [0.15, 0.2) is 0 Å². The molecule has 0 radical (unpaired) electrons. The summed E-state index contributed by atoms with van der Waals surface area (Å²) in [6.07, 6.45) is 0.946. The average molecular weight is 203 g/mol. The summed E-state index contributed by atoms with van der Waals surface area (Å²) in [7, 11) is 0. The Morgan fingerprint density at radius 2 is 2.13 bits per heavy atom. The Morgan fingerprint density at radius 1 is 1.40 bits per heavy atom. The van der Waals surface area contributed by atoms with Crippen molar-refractivity contribution in [3.05, 3.63) is 30.1 Å². The zero-order chi connectivity index (χ0) is 10.8. The van der Waals surface area contributed by atoms with Crippen LogP contribution in [0.25, 0.3) is 11.0 Å². The molecule has 0 aliphatic carbocycles. The molecule has 80 valence electrons. The van der Waals surface area contributed by atoms with Crippen LogP contribution in [0.1, 0.15) is 19.7 Å². The maximum Gasteiger partial charge on any atom is 0.109 e. The zero-order valence-corrected chi connectivity index (χ0v) is 9.27. The molecule has 0 aliphatic heterocycles. The van der Waals surface area contributed by atoms with E-state index < -0.39 is 0 Å². The number of benzene rings is 1. The van der Waals surface area contributed by atoms with Crippen molar-refractivity contribution in [3.63, 3.8) is 0 Å². The summed E-state index contributed by atoms with van der Waals surface area (Å²) < 4.78 is 2.22. The number of fused-ring (bicyclic) bond motifs is 1. The molecule has 1 aromatic carbocycles. The Balaban J connectivity index is 2.56. The van der Waals surface area contributed by atoms with Gasteiger partial charge in [-0.25, -0.2) is 4.98 Å². The maximum absolute atomic E-state index is 5.85. The summed E-state index contributed by atoms with van der Waals surface area (Å²) in [5.74, 6) is 1.12. The molecule has 0 fully saturated rings. The zero-order valence-electron chi connectivity index (χ0n) is 9.27. The molecule has 3 heteroatoms. The van der Waals surface area contributed by atoms with Crippen molar-refractivity contribution in [3.8, 4) is 0 Å². The number of aryl methyl sites for hydroxylation is 1. The molecule has 0 bridgehead atoms. The molecule has 0 saturated carbocycles. The molecular formula is C12H17N3. The first-order chi connectivity index (χ1) is 7.22. The molecule has 0 aliphatic rings. The van der Waals surface area contributed by atoms with E-state index in [1.165, 1.54) is 5.52 Å². The Bertz CT molecular complexity index is 457. The number of hydrogen-bond acceptors (Lipinski definition) is 2. The Morgan fingerprint density at radius 3 is 2.80 bits per heavy atom. The first-order valence-corrected chi connectivity index (χ1v) is 5.42. The highest BCUT2D eigenvalue weighted by atomic mass is 15.1. The predicted octanol–water partition coefficient (Wildman–Crippen LogP) is 1.95. The van der Waals surface area contributed by atoms with E-state index in [4.69, 9.17) is 5.73 Å². The van der Waals surface area contributed by atoms with Crippen molar-refractivity contribution in [1.82, 2.24) is 9.55 Å². The molecule has 1 heterocycles. The van der Waals surface area contributed by atoms with Crippen LogP contribution in [0.2, 0.25) is 0 Å². The predicted molar refractivity (Wildman–Crippen MR) is 62.8 cm³/mol. The fourth-order valence-electron chi connectivity index (χ4n) is 1.89. The summed E-state index contributed by atoms with van der Waals surface area (Å²) in [6, 6.07) is 8.37. The van der Waals surface area contributed by atoms with Gasteiger partial charge in [-0.15, -0.1) is 0 Å². The van der Waals surface area contributed by atoms with Gasteiger partial charge in [-0.1, -0.05) is 19.1 Å². The van der Waals surface area contributed by atoms with Crippen LogP contribution in [0.3, 0.4) is 0 Å². The fraction of sp³-hybridized carbons (Fsp3) is 0.417. The second-order valence-corrected chi connectivity index (χ2v) is 3.96. The SMILES string of the molecule is CCc1nc2ccccc2n1C[C@@H](C)N. The third-order valence-electron chi connectivity index (χ3n) is 2.52. The molecule has 1 aromatic heterocycles. The highest BCUT2D eigenvalue weighted by molar-refractivity contribution is 5.75. The van der Waals surface area contributed by atoms with Crippen molar-refractivity contribution in [2.45, 2.75) is 32.9 Å². The van der Waals surface area contributed by atoms with Crippen molar-refractivity contribution < 1.29 is 0 Å². The molecule has 0 unspecified atom stereocenters. The van der Waals surface area contributed by atoms with Crippen LogP contribution >= 0.6 is 0 Å². The van der Waals surface area contributed by atoms with E-state index >= 15 is 0 Å². The lowest BCUT2D eigenvalue weighted by Crippen LogP contribution is -2.23. The van der Waals surface area contributed by atoms with Crippen LogP contribution in [0.4, 0.5) is 0 Å². The normalized spacial score (nSPS) is 13.3. The lowest BCUT2D eigenvalue weighted by Gasteiger charge is -2.10. The van der Waals surface area contributed by atoms with Crippen LogP contribution in [-0.4, -0.2) is 15.6 Å². The summed E-state index contributed by atoms with van der Waals surface area (Å²) in [4.78, 5) is 4.59. The van der Waals surface area contributed by atoms with Gasteiger partial charge in [0.2, 0.25) is 0 Å². The van der Waals surface area contributed by atoms with Crippen LogP contribution in [0.5, 0.6) is 0 Å². The molecule has 2 N–H and O–H groups in total. The van der Waals surface area contributed by atoms with E-state index in [0.29, 0.717) is 0 Å². The minimum atomic E-state index is 0.160. The molecule has 0 spiro atoms. The first-order valence-electron chi connectivity index (χ1n) is 5.42. The topological polar surface area (TPSA) is 43.8 Å². The van der Waals surface area contributed by atoms with E-state index in [1.54, 1.807) is 0 Å². The molecule has 2 rings (SSSR count). The molecular weight excluding hydrogens is 186 g/mol. The highest BCUT2D eigenvalue weighted by Gasteiger charge is 2.09. The Labute approximate surface area is 89.9 Å². The van der Waals surface area contributed by atoms with Crippen molar-refractivity contribution >= 4 is 11.0 Å². The number of imidazole rings is 1. The van der Waals surface area contributed by atoms with E-state index in [9.17, 15) is 0 Å².